The van der Waals surface area contributed by atoms with Crippen molar-refractivity contribution in [1.29, 1.82) is 0 Å². The highest BCUT2D eigenvalue weighted by Gasteiger charge is 2.37. The zero-order valence-corrected chi connectivity index (χ0v) is 16.6. The van der Waals surface area contributed by atoms with Gasteiger partial charge in [-0.2, -0.15) is 0 Å². The number of pyridine rings is 1. The van der Waals surface area contributed by atoms with Gasteiger partial charge in [-0.15, -0.1) is 0 Å². The van der Waals surface area contributed by atoms with E-state index in [9.17, 15) is 4.79 Å². The summed E-state index contributed by atoms with van der Waals surface area (Å²) in [6, 6.07) is 9.35. The van der Waals surface area contributed by atoms with Crippen molar-refractivity contribution in [2.75, 3.05) is 0 Å². The molecule has 0 spiro atoms. The number of ether oxygens (including phenoxy) is 1. The highest BCUT2D eigenvalue weighted by molar-refractivity contribution is 9.10. The van der Waals surface area contributed by atoms with Crippen LogP contribution in [-0.2, 0) is 0 Å². The summed E-state index contributed by atoms with van der Waals surface area (Å²) in [6.07, 6.45) is 6.32. The number of rotatable bonds is 4. The monoisotopic (exact) mass is 429 g/mol. The predicted molar refractivity (Wildman–Crippen MR) is 105 cm³/mol. The topological polar surface area (TPSA) is 77.2 Å². The van der Waals surface area contributed by atoms with Crippen LogP contribution in [0.5, 0.6) is 5.75 Å². The molecule has 7 heteroatoms. The lowest BCUT2D eigenvalue weighted by Crippen LogP contribution is -2.54. The highest BCUT2D eigenvalue weighted by Crippen LogP contribution is 2.35. The molecule has 1 fully saturated rings. The fourth-order valence-electron chi connectivity index (χ4n) is 3.53. The van der Waals surface area contributed by atoms with E-state index in [1.807, 2.05) is 24.3 Å². The summed E-state index contributed by atoms with van der Waals surface area (Å²) in [5, 5.41) is 7.80. The van der Waals surface area contributed by atoms with Crippen molar-refractivity contribution in [1.82, 2.24) is 15.5 Å². The summed E-state index contributed by atoms with van der Waals surface area (Å²) in [5.74, 6) is 1.02. The van der Waals surface area contributed by atoms with Crippen LogP contribution in [0.3, 0.4) is 0 Å². The summed E-state index contributed by atoms with van der Waals surface area (Å²) >= 11 is 3.54. The van der Waals surface area contributed by atoms with Gasteiger partial charge in [0.15, 0.2) is 11.4 Å². The number of halogens is 1. The van der Waals surface area contributed by atoms with Crippen LogP contribution in [-0.4, -0.2) is 21.8 Å². The zero-order valence-electron chi connectivity index (χ0n) is 15.0. The molecular weight excluding hydrogens is 410 g/mol. The molecule has 2 heterocycles. The molecule has 0 unspecified atom stereocenters. The number of benzene rings is 1. The van der Waals surface area contributed by atoms with Crippen LogP contribution in [0.15, 0.2) is 45.5 Å². The molecule has 3 aromatic rings. The minimum Gasteiger partial charge on any atom is -0.467 e. The van der Waals surface area contributed by atoms with Gasteiger partial charge in [-0.3, -0.25) is 9.78 Å². The SMILES string of the molecule is Cc1cc(C(=O)NC2(Oc3ccnc4c(Br)cccc34)CCCCC2)no1. The van der Waals surface area contributed by atoms with Crippen molar-refractivity contribution >= 4 is 32.7 Å². The maximum atomic E-state index is 12.7. The number of amides is 1. The van der Waals surface area contributed by atoms with Crippen LogP contribution in [0.1, 0.15) is 48.4 Å². The summed E-state index contributed by atoms with van der Waals surface area (Å²) in [4.78, 5) is 17.1. The van der Waals surface area contributed by atoms with E-state index < -0.39 is 5.72 Å². The van der Waals surface area contributed by atoms with Gasteiger partial charge in [0, 0.05) is 35.0 Å². The predicted octanol–water partition coefficient (Wildman–Crippen LogP) is 4.76. The van der Waals surface area contributed by atoms with Gasteiger partial charge in [0.05, 0.1) is 5.52 Å². The molecule has 27 heavy (non-hydrogen) atoms. The van der Waals surface area contributed by atoms with Crippen LogP contribution >= 0.6 is 15.9 Å². The van der Waals surface area contributed by atoms with Gasteiger partial charge in [-0.25, -0.2) is 0 Å². The third kappa shape index (κ3) is 3.69. The smallest absolute Gasteiger partial charge is 0.276 e. The Morgan fingerprint density at radius 1 is 1.26 bits per heavy atom. The van der Waals surface area contributed by atoms with Crippen LogP contribution < -0.4 is 10.1 Å². The van der Waals surface area contributed by atoms with E-state index in [-0.39, 0.29) is 11.6 Å². The molecule has 1 aromatic carbocycles. The lowest BCUT2D eigenvalue weighted by atomic mass is 9.91. The molecular formula is C20H20BrN3O3. The van der Waals surface area contributed by atoms with Crippen molar-refractivity contribution in [2.45, 2.75) is 44.8 Å². The first-order valence-corrected chi connectivity index (χ1v) is 9.84. The Morgan fingerprint density at radius 2 is 2.07 bits per heavy atom. The molecule has 0 aliphatic heterocycles. The minimum atomic E-state index is -0.765. The molecule has 0 saturated heterocycles. The average Bonchev–Trinajstić information content (AvgIpc) is 3.10. The van der Waals surface area contributed by atoms with Crippen molar-refractivity contribution in [3.05, 3.63) is 52.5 Å². The van der Waals surface area contributed by atoms with Crippen LogP contribution in [0.4, 0.5) is 0 Å². The van der Waals surface area contributed by atoms with Crippen LogP contribution in [0, 0.1) is 6.92 Å². The van der Waals surface area contributed by atoms with Gasteiger partial charge in [0.2, 0.25) is 0 Å². The molecule has 0 bridgehead atoms. The van der Waals surface area contributed by atoms with Gasteiger partial charge in [-0.05, 0) is 53.9 Å². The largest absolute Gasteiger partial charge is 0.467 e. The highest BCUT2D eigenvalue weighted by atomic mass is 79.9. The Morgan fingerprint density at radius 3 is 2.81 bits per heavy atom. The van der Waals surface area contributed by atoms with E-state index in [0.29, 0.717) is 11.5 Å². The van der Waals surface area contributed by atoms with Crippen LogP contribution in [0.25, 0.3) is 10.9 Å². The lowest BCUT2D eigenvalue weighted by molar-refractivity contribution is 0.00144. The third-order valence-corrected chi connectivity index (χ3v) is 5.49. The van der Waals surface area contributed by atoms with E-state index >= 15 is 0 Å². The molecule has 140 valence electrons. The van der Waals surface area contributed by atoms with E-state index in [0.717, 1.165) is 47.5 Å². The molecule has 0 radical (unpaired) electrons. The van der Waals surface area contributed by atoms with Gasteiger partial charge in [-0.1, -0.05) is 17.6 Å². The van der Waals surface area contributed by atoms with E-state index in [1.165, 1.54) is 0 Å². The number of carbonyl (C=O) groups excluding carboxylic acids is 1. The Kier molecular flexibility index (Phi) is 4.86. The van der Waals surface area contributed by atoms with E-state index in [2.05, 4.69) is 31.4 Å². The first-order valence-electron chi connectivity index (χ1n) is 9.04. The molecule has 4 rings (SSSR count). The second-order valence-electron chi connectivity index (χ2n) is 6.88. The maximum Gasteiger partial charge on any atom is 0.276 e. The molecule has 1 saturated carbocycles. The van der Waals surface area contributed by atoms with Crippen molar-refractivity contribution in [2.24, 2.45) is 0 Å². The Hall–Kier alpha value is -2.41. The van der Waals surface area contributed by atoms with Crippen molar-refractivity contribution in [3.8, 4) is 5.75 Å². The molecule has 6 nitrogen and oxygen atoms in total. The number of carbonyl (C=O) groups is 1. The summed E-state index contributed by atoms with van der Waals surface area (Å²) < 4.78 is 12.4. The van der Waals surface area contributed by atoms with Gasteiger partial charge in [0.1, 0.15) is 11.5 Å². The van der Waals surface area contributed by atoms with Gasteiger partial charge < -0.3 is 14.6 Å². The fourth-order valence-corrected chi connectivity index (χ4v) is 4.00. The molecule has 1 aliphatic carbocycles. The molecule has 0 atom stereocenters. The van der Waals surface area contributed by atoms with Gasteiger partial charge >= 0.3 is 0 Å². The van der Waals surface area contributed by atoms with Gasteiger partial charge in [0.25, 0.3) is 5.91 Å². The number of aromatic nitrogens is 2. The second-order valence-corrected chi connectivity index (χ2v) is 7.73. The normalized spacial score (nSPS) is 16.2. The molecule has 1 N–H and O–H groups in total. The van der Waals surface area contributed by atoms with Crippen LogP contribution in [0.2, 0.25) is 0 Å². The minimum absolute atomic E-state index is 0.267. The fraction of sp³-hybridized carbons (Fsp3) is 0.350. The Balaban J connectivity index is 1.67. The molecule has 1 aliphatic rings. The average molecular weight is 430 g/mol. The number of nitrogens with zero attached hydrogens (tertiary/aromatic N) is 2. The number of aryl methyl sites for hydroxylation is 1. The quantitative estimate of drug-likeness (QED) is 0.604. The lowest BCUT2D eigenvalue weighted by Gasteiger charge is -2.38. The van der Waals surface area contributed by atoms with Crippen molar-refractivity contribution in [3.63, 3.8) is 0 Å². The number of hydrogen-bond acceptors (Lipinski definition) is 5. The molecule has 2 aromatic heterocycles. The first kappa shape index (κ1) is 18.0. The Labute approximate surface area is 165 Å². The second kappa shape index (κ2) is 7.31. The summed E-state index contributed by atoms with van der Waals surface area (Å²) in [7, 11) is 0. The number of fused-ring (bicyclic) bond motifs is 1. The maximum absolute atomic E-state index is 12.7. The molecule has 1 amide bonds. The zero-order chi connectivity index (χ0) is 18.9. The summed E-state index contributed by atoms with van der Waals surface area (Å²) in [5.41, 5.74) is 0.335. The number of nitrogens with one attached hydrogen (secondary N) is 1. The first-order chi connectivity index (χ1) is 13.1. The Bertz CT molecular complexity index is 980. The standard InChI is InChI=1S/C20H20BrN3O3/c1-13-12-16(24-27-13)19(25)23-20(9-3-2-4-10-20)26-17-8-11-22-18-14(17)6-5-7-15(18)21/h5-8,11-12H,2-4,9-10H2,1H3,(H,23,25). The van der Waals surface area contributed by atoms with E-state index in [1.54, 1.807) is 19.2 Å². The summed E-state index contributed by atoms with van der Waals surface area (Å²) in [6.45, 7) is 1.76. The third-order valence-electron chi connectivity index (χ3n) is 4.85. The number of hydrogen-bond donors (Lipinski definition) is 1. The van der Waals surface area contributed by atoms with E-state index in [4.69, 9.17) is 9.26 Å². The van der Waals surface area contributed by atoms with Crippen molar-refractivity contribution < 1.29 is 14.1 Å². The number of para-hydroxylation sites is 1.